The molecule has 1 aromatic rings. The van der Waals surface area contributed by atoms with Gasteiger partial charge in [0.05, 0.1) is 7.11 Å². The summed E-state index contributed by atoms with van der Waals surface area (Å²) in [6.07, 6.45) is 0. The molecule has 0 aromatic carbocycles. The second kappa shape index (κ2) is 3.41. The van der Waals surface area contributed by atoms with Crippen LogP contribution in [0.25, 0.3) is 0 Å². The Morgan fingerprint density at radius 1 is 1.62 bits per heavy atom. The Morgan fingerprint density at radius 3 is 2.69 bits per heavy atom. The van der Waals surface area contributed by atoms with Crippen molar-refractivity contribution in [3.63, 3.8) is 0 Å². The third kappa shape index (κ3) is 2.03. The number of alkyl halides is 2. The highest BCUT2D eigenvalue weighted by molar-refractivity contribution is 7.12. The van der Waals surface area contributed by atoms with Gasteiger partial charge in [0.2, 0.25) is 5.78 Å². The number of hydrogen-bond donors (Lipinski definition) is 0. The highest BCUT2D eigenvalue weighted by Crippen LogP contribution is 2.30. The number of Topliss-reactive ketones (excluding diaryl/α,β-unsaturated/α-hetero) is 1. The molecule has 1 rings (SSSR count). The molecule has 5 heteroatoms. The molecule has 0 aliphatic rings. The summed E-state index contributed by atoms with van der Waals surface area (Å²) in [4.78, 5) is 11.1. The van der Waals surface area contributed by atoms with E-state index >= 15 is 0 Å². The van der Waals surface area contributed by atoms with Crippen LogP contribution in [0, 0.1) is 0 Å². The minimum absolute atomic E-state index is 0.0324. The van der Waals surface area contributed by atoms with E-state index in [4.69, 9.17) is 4.74 Å². The van der Waals surface area contributed by atoms with E-state index in [1.165, 1.54) is 18.6 Å². The van der Waals surface area contributed by atoms with Crippen LogP contribution in [0.3, 0.4) is 0 Å². The van der Waals surface area contributed by atoms with Gasteiger partial charge in [-0.15, -0.1) is 11.3 Å². The van der Waals surface area contributed by atoms with Gasteiger partial charge in [-0.2, -0.15) is 8.78 Å². The van der Waals surface area contributed by atoms with E-state index in [-0.39, 0.29) is 10.6 Å². The lowest BCUT2D eigenvalue weighted by Crippen LogP contribution is -2.23. The first-order valence-corrected chi connectivity index (χ1v) is 4.39. The summed E-state index contributed by atoms with van der Waals surface area (Å²) in [6.45, 7) is 0.578. The van der Waals surface area contributed by atoms with Crippen LogP contribution in [0.15, 0.2) is 11.4 Å². The third-order valence-electron chi connectivity index (χ3n) is 1.45. The topological polar surface area (TPSA) is 26.3 Å². The van der Waals surface area contributed by atoms with Crippen LogP contribution in [0.4, 0.5) is 8.78 Å². The van der Waals surface area contributed by atoms with E-state index in [0.717, 1.165) is 11.3 Å². The van der Waals surface area contributed by atoms with Gasteiger partial charge in [0.15, 0.2) is 0 Å². The molecule has 0 aliphatic carbocycles. The Labute approximate surface area is 78.1 Å². The fourth-order valence-electron chi connectivity index (χ4n) is 0.823. The molecule has 1 aromatic heterocycles. The molecule has 2 nitrogen and oxygen atoms in total. The van der Waals surface area contributed by atoms with Gasteiger partial charge in [0.25, 0.3) is 0 Å². The molecule has 0 amide bonds. The maximum atomic E-state index is 12.6. The van der Waals surface area contributed by atoms with Crippen molar-refractivity contribution >= 4 is 17.1 Å². The molecule has 0 fully saturated rings. The molecule has 0 aliphatic heterocycles. The summed E-state index contributed by atoms with van der Waals surface area (Å²) in [5.41, 5.74) is 0. The molecule has 0 spiro atoms. The van der Waals surface area contributed by atoms with Crippen LogP contribution in [0.5, 0.6) is 5.75 Å². The fraction of sp³-hybridized carbons (Fsp3) is 0.375. The average Bonchev–Trinajstić information content (AvgIpc) is 2.48. The lowest BCUT2D eigenvalue weighted by atomic mass is 10.2. The zero-order valence-corrected chi connectivity index (χ0v) is 7.95. The molecule has 0 saturated carbocycles. The second-order valence-corrected chi connectivity index (χ2v) is 3.45. The van der Waals surface area contributed by atoms with Crippen molar-refractivity contribution in [3.05, 3.63) is 16.3 Å². The largest absolute Gasteiger partial charge is 0.495 e. The monoisotopic (exact) mass is 206 g/mol. The molecular formula is C8H8F2O2S. The highest BCUT2D eigenvalue weighted by atomic mass is 32.1. The number of rotatable bonds is 3. The first-order chi connectivity index (χ1) is 5.96. The van der Waals surface area contributed by atoms with E-state index in [1.807, 2.05) is 0 Å². The molecular weight excluding hydrogens is 198 g/mol. The van der Waals surface area contributed by atoms with Crippen LogP contribution in [-0.2, 0) is 0 Å². The predicted octanol–water partition coefficient (Wildman–Crippen LogP) is 2.59. The van der Waals surface area contributed by atoms with Crippen molar-refractivity contribution in [2.75, 3.05) is 7.11 Å². The minimum atomic E-state index is -3.34. The number of hydrogen-bond acceptors (Lipinski definition) is 3. The maximum Gasteiger partial charge on any atom is 0.308 e. The number of carbonyl (C=O) groups is 1. The zero-order valence-electron chi connectivity index (χ0n) is 7.14. The highest BCUT2D eigenvalue weighted by Gasteiger charge is 2.35. The van der Waals surface area contributed by atoms with Crippen LogP contribution < -0.4 is 4.74 Å². The van der Waals surface area contributed by atoms with Crippen LogP contribution >= 0.6 is 11.3 Å². The predicted molar refractivity (Wildman–Crippen MR) is 45.8 cm³/mol. The second-order valence-electron chi connectivity index (χ2n) is 2.54. The van der Waals surface area contributed by atoms with Crippen LogP contribution in [0.2, 0.25) is 0 Å². The fourth-order valence-corrected chi connectivity index (χ4v) is 1.70. The minimum Gasteiger partial charge on any atom is -0.495 e. The lowest BCUT2D eigenvalue weighted by Gasteiger charge is -2.07. The SMILES string of the molecule is COc1ccsc1C(=O)C(C)(F)F. The van der Waals surface area contributed by atoms with Crippen molar-refractivity contribution in [1.82, 2.24) is 0 Å². The Morgan fingerprint density at radius 2 is 2.23 bits per heavy atom. The number of halogens is 2. The van der Waals surface area contributed by atoms with E-state index < -0.39 is 11.7 Å². The van der Waals surface area contributed by atoms with Gasteiger partial charge in [0, 0.05) is 6.92 Å². The molecule has 0 atom stereocenters. The third-order valence-corrected chi connectivity index (χ3v) is 2.35. The van der Waals surface area contributed by atoms with E-state index in [0.29, 0.717) is 6.92 Å². The molecule has 13 heavy (non-hydrogen) atoms. The van der Waals surface area contributed by atoms with Crippen molar-refractivity contribution in [1.29, 1.82) is 0 Å². The van der Waals surface area contributed by atoms with Gasteiger partial charge in [-0.25, -0.2) is 0 Å². The Balaban J connectivity index is 3.02. The average molecular weight is 206 g/mol. The van der Waals surface area contributed by atoms with Gasteiger partial charge in [-0.05, 0) is 11.4 Å². The molecule has 0 bridgehead atoms. The summed E-state index contributed by atoms with van der Waals surface area (Å²) in [5, 5.41) is 1.54. The summed E-state index contributed by atoms with van der Waals surface area (Å²) < 4.78 is 30.0. The van der Waals surface area contributed by atoms with E-state index in [9.17, 15) is 13.6 Å². The van der Waals surface area contributed by atoms with Gasteiger partial charge in [0.1, 0.15) is 10.6 Å². The van der Waals surface area contributed by atoms with E-state index in [2.05, 4.69) is 0 Å². The zero-order chi connectivity index (χ0) is 10.1. The quantitative estimate of drug-likeness (QED) is 0.710. The molecule has 0 saturated heterocycles. The summed E-state index contributed by atoms with van der Waals surface area (Å²) in [6, 6.07) is 1.49. The van der Waals surface area contributed by atoms with Gasteiger partial charge < -0.3 is 4.74 Å². The van der Waals surface area contributed by atoms with Crippen molar-refractivity contribution in [3.8, 4) is 5.75 Å². The maximum absolute atomic E-state index is 12.6. The standard InChI is InChI=1S/C8H8F2O2S/c1-8(9,10)7(11)6-5(12-2)3-4-13-6/h3-4H,1-2H3. The van der Waals surface area contributed by atoms with Crippen molar-refractivity contribution in [2.24, 2.45) is 0 Å². The van der Waals surface area contributed by atoms with Crippen molar-refractivity contribution < 1.29 is 18.3 Å². The van der Waals surface area contributed by atoms with Gasteiger partial charge >= 0.3 is 5.92 Å². The van der Waals surface area contributed by atoms with Crippen LogP contribution in [0.1, 0.15) is 16.6 Å². The van der Waals surface area contributed by atoms with Crippen molar-refractivity contribution in [2.45, 2.75) is 12.8 Å². The molecule has 0 N–H and O–H groups in total. The lowest BCUT2D eigenvalue weighted by molar-refractivity contribution is 0.0223. The van der Waals surface area contributed by atoms with Crippen LogP contribution in [-0.4, -0.2) is 18.8 Å². The Kier molecular flexibility index (Phi) is 2.66. The first-order valence-electron chi connectivity index (χ1n) is 3.51. The number of methoxy groups -OCH3 is 1. The number of ketones is 1. The van der Waals surface area contributed by atoms with Gasteiger partial charge in [-0.1, -0.05) is 0 Å². The smallest absolute Gasteiger partial charge is 0.308 e. The summed E-state index contributed by atoms with van der Waals surface area (Å²) >= 11 is 0.955. The number of carbonyl (C=O) groups excluding carboxylic acids is 1. The molecule has 0 radical (unpaired) electrons. The molecule has 1 heterocycles. The van der Waals surface area contributed by atoms with E-state index in [1.54, 1.807) is 0 Å². The Bertz CT molecular complexity index is 314. The molecule has 72 valence electrons. The normalized spacial score (nSPS) is 11.4. The summed E-state index contributed by atoms with van der Waals surface area (Å²) in [7, 11) is 1.34. The van der Waals surface area contributed by atoms with Gasteiger partial charge in [-0.3, -0.25) is 4.79 Å². The summed E-state index contributed by atoms with van der Waals surface area (Å²) in [5.74, 6) is -4.33. The Hall–Kier alpha value is -0.970. The molecule has 0 unspecified atom stereocenters. The number of thiophene rings is 1. The number of ether oxygens (including phenoxy) is 1. The first kappa shape index (κ1) is 10.1.